The van der Waals surface area contributed by atoms with Crippen LogP contribution in [-0.4, -0.2) is 19.6 Å². The van der Waals surface area contributed by atoms with E-state index in [4.69, 9.17) is 5.73 Å². The Morgan fingerprint density at radius 3 is 2.64 bits per heavy atom. The van der Waals surface area contributed by atoms with Gasteiger partial charge in [-0.3, -0.25) is 0 Å². The van der Waals surface area contributed by atoms with Crippen LogP contribution >= 0.6 is 0 Å². The molecule has 0 rings (SSSR count). The predicted octanol–water partition coefficient (Wildman–Crippen LogP) is 1.28. The van der Waals surface area contributed by atoms with Crippen molar-refractivity contribution < 1.29 is 0 Å². The molecule has 3 N–H and O–H groups in total. The first-order valence-corrected chi connectivity index (χ1v) is 4.32. The normalized spacial score (nSPS) is 10.0. The third-order valence-electron chi connectivity index (χ3n) is 1.48. The molecule has 0 spiro atoms. The standard InChI is InChI=1S/C9H20N2/c1-9(2)8-11-7-5-3-4-6-10/h11H,1,3-8,10H2,2H3. The summed E-state index contributed by atoms with van der Waals surface area (Å²) in [5, 5.41) is 3.30. The quantitative estimate of drug-likeness (QED) is 0.430. The molecule has 0 saturated heterocycles. The maximum absolute atomic E-state index is 5.36. The van der Waals surface area contributed by atoms with E-state index in [1.54, 1.807) is 0 Å². The number of hydrogen-bond donors (Lipinski definition) is 2. The van der Waals surface area contributed by atoms with Gasteiger partial charge in [0.25, 0.3) is 0 Å². The number of hydrogen-bond acceptors (Lipinski definition) is 2. The lowest BCUT2D eigenvalue weighted by molar-refractivity contribution is 0.626. The van der Waals surface area contributed by atoms with Gasteiger partial charge in [-0.15, -0.1) is 0 Å². The van der Waals surface area contributed by atoms with Crippen LogP contribution in [0.3, 0.4) is 0 Å². The number of nitrogens with one attached hydrogen (secondary N) is 1. The van der Waals surface area contributed by atoms with Gasteiger partial charge < -0.3 is 11.1 Å². The smallest absolute Gasteiger partial charge is 0.0159 e. The van der Waals surface area contributed by atoms with Crippen LogP contribution in [0.4, 0.5) is 0 Å². The van der Waals surface area contributed by atoms with Crippen LogP contribution in [0.1, 0.15) is 26.2 Å². The average molecular weight is 156 g/mol. The highest BCUT2D eigenvalue weighted by Gasteiger charge is 1.87. The molecule has 0 radical (unpaired) electrons. The molecule has 2 nitrogen and oxygen atoms in total. The van der Waals surface area contributed by atoms with Gasteiger partial charge in [-0.1, -0.05) is 18.6 Å². The van der Waals surface area contributed by atoms with E-state index in [0.29, 0.717) is 0 Å². The number of rotatable bonds is 7. The van der Waals surface area contributed by atoms with E-state index < -0.39 is 0 Å². The molecule has 0 aliphatic heterocycles. The molecule has 0 aliphatic rings. The first-order chi connectivity index (χ1) is 5.27. The Balaban J connectivity index is 2.85. The molecular weight excluding hydrogens is 136 g/mol. The molecule has 0 unspecified atom stereocenters. The summed E-state index contributed by atoms with van der Waals surface area (Å²) >= 11 is 0. The van der Waals surface area contributed by atoms with E-state index in [2.05, 4.69) is 11.9 Å². The molecule has 66 valence electrons. The summed E-state index contributed by atoms with van der Waals surface area (Å²) in [7, 11) is 0. The van der Waals surface area contributed by atoms with Crippen LogP contribution in [0, 0.1) is 0 Å². The van der Waals surface area contributed by atoms with Crippen LogP contribution in [0.5, 0.6) is 0 Å². The Kier molecular flexibility index (Phi) is 7.52. The highest BCUT2D eigenvalue weighted by atomic mass is 14.8. The third-order valence-corrected chi connectivity index (χ3v) is 1.48. The second-order valence-electron chi connectivity index (χ2n) is 2.98. The summed E-state index contributed by atoms with van der Waals surface area (Å²) in [6, 6.07) is 0. The molecule has 0 heterocycles. The van der Waals surface area contributed by atoms with Gasteiger partial charge in [0, 0.05) is 6.54 Å². The van der Waals surface area contributed by atoms with Crippen molar-refractivity contribution in [3.63, 3.8) is 0 Å². The highest BCUT2D eigenvalue weighted by molar-refractivity contribution is 4.90. The van der Waals surface area contributed by atoms with Crippen molar-refractivity contribution >= 4 is 0 Å². The van der Waals surface area contributed by atoms with Gasteiger partial charge in [0.2, 0.25) is 0 Å². The first kappa shape index (κ1) is 10.7. The monoisotopic (exact) mass is 156 g/mol. The molecule has 0 atom stereocenters. The minimum absolute atomic E-state index is 0.820. The van der Waals surface area contributed by atoms with Crippen molar-refractivity contribution in [3.8, 4) is 0 Å². The number of unbranched alkanes of at least 4 members (excludes halogenated alkanes) is 2. The number of nitrogens with two attached hydrogens (primary N) is 1. The second-order valence-corrected chi connectivity index (χ2v) is 2.98. The lowest BCUT2D eigenvalue weighted by atomic mass is 10.2. The minimum atomic E-state index is 0.820. The van der Waals surface area contributed by atoms with E-state index in [1.807, 2.05) is 6.92 Å². The van der Waals surface area contributed by atoms with E-state index in [-0.39, 0.29) is 0 Å². The molecule has 0 aromatic carbocycles. The molecule has 0 aliphatic carbocycles. The largest absolute Gasteiger partial charge is 0.330 e. The van der Waals surface area contributed by atoms with Gasteiger partial charge in [-0.2, -0.15) is 0 Å². The maximum Gasteiger partial charge on any atom is 0.0159 e. The maximum atomic E-state index is 5.36. The summed E-state index contributed by atoms with van der Waals surface area (Å²) in [5.41, 5.74) is 6.55. The molecule has 2 heteroatoms. The molecule has 0 aromatic rings. The Hall–Kier alpha value is -0.340. The van der Waals surface area contributed by atoms with Gasteiger partial charge in [-0.05, 0) is 32.9 Å². The van der Waals surface area contributed by atoms with Crippen molar-refractivity contribution in [2.75, 3.05) is 19.6 Å². The second kappa shape index (κ2) is 7.76. The molecule has 0 bridgehead atoms. The van der Waals surface area contributed by atoms with Crippen molar-refractivity contribution in [1.29, 1.82) is 0 Å². The summed E-state index contributed by atoms with van der Waals surface area (Å²) in [6.07, 6.45) is 3.61. The molecule has 0 amide bonds. The van der Waals surface area contributed by atoms with Crippen LogP contribution < -0.4 is 11.1 Å². The molecule has 11 heavy (non-hydrogen) atoms. The highest BCUT2D eigenvalue weighted by Crippen LogP contribution is 1.91. The zero-order chi connectivity index (χ0) is 8.53. The Bertz CT molecular complexity index is 99.7. The average Bonchev–Trinajstić information content (AvgIpc) is 1.96. The minimum Gasteiger partial charge on any atom is -0.330 e. The molecular formula is C9H20N2. The van der Waals surface area contributed by atoms with Gasteiger partial charge >= 0.3 is 0 Å². The fraction of sp³-hybridized carbons (Fsp3) is 0.778. The van der Waals surface area contributed by atoms with Crippen LogP contribution in [-0.2, 0) is 0 Å². The zero-order valence-corrected chi connectivity index (χ0v) is 7.53. The van der Waals surface area contributed by atoms with E-state index in [0.717, 1.165) is 26.1 Å². The van der Waals surface area contributed by atoms with Crippen LogP contribution in [0.15, 0.2) is 12.2 Å². The lowest BCUT2D eigenvalue weighted by Crippen LogP contribution is -2.17. The van der Waals surface area contributed by atoms with Crippen LogP contribution in [0.25, 0.3) is 0 Å². The fourth-order valence-corrected chi connectivity index (χ4v) is 0.873. The van der Waals surface area contributed by atoms with E-state index in [1.165, 1.54) is 18.4 Å². The van der Waals surface area contributed by atoms with Crippen molar-refractivity contribution in [2.24, 2.45) is 5.73 Å². The van der Waals surface area contributed by atoms with Gasteiger partial charge in [0.15, 0.2) is 0 Å². The van der Waals surface area contributed by atoms with Crippen molar-refractivity contribution in [1.82, 2.24) is 5.32 Å². The van der Waals surface area contributed by atoms with Gasteiger partial charge in [0.1, 0.15) is 0 Å². The lowest BCUT2D eigenvalue weighted by Gasteiger charge is -2.02. The SMILES string of the molecule is C=C(C)CNCCCCCN. The van der Waals surface area contributed by atoms with Gasteiger partial charge in [-0.25, -0.2) is 0 Å². The van der Waals surface area contributed by atoms with Gasteiger partial charge in [0.05, 0.1) is 0 Å². The summed E-state index contributed by atoms with van der Waals surface area (Å²) in [5.74, 6) is 0. The summed E-state index contributed by atoms with van der Waals surface area (Å²) < 4.78 is 0. The Morgan fingerprint density at radius 2 is 2.09 bits per heavy atom. The topological polar surface area (TPSA) is 38.0 Å². The van der Waals surface area contributed by atoms with Crippen LogP contribution in [0.2, 0.25) is 0 Å². The zero-order valence-electron chi connectivity index (χ0n) is 7.53. The summed E-state index contributed by atoms with van der Waals surface area (Å²) in [4.78, 5) is 0. The molecule has 0 aromatic heterocycles. The first-order valence-electron chi connectivity index (χ1n) is 4.32. The Labute approximate surface area is 69.9 Å². The fourth-order valence-electron chi connectivity index (χ4n) is 0.873. The third kappa shape index (κ3) is 9.66. The van der Waals surface area contributed by atoms with E-state index in [9.17, 15) is 0 Å². The molecule has 0 saturated carbocycles. The molecule has 0 fully saturated rings. The van der Waals surface area contributed by atoms with Crippen molar-refractivity contribution in [3.05, 3.63) is 12.2 Å². The van der Waals surface area contributed by atoms with E-state index >= 15 is 0 Å². The Morgan fingerprint density at radius 1 is 1.36 bits per heavy atom. The summed E-state index contributed by atoms with van der Waals surface area (Å²) in [6.45, 7) is 8.70. The predicted molar refractivity (Wildman–Crippen MR) is 50.6 cm³/mol. The van der Waals surface area contributed by atoms with Crippen molar-refractivity contribution in [2.45, 2.75) is 26.2 Å².